The molecule has 0 spiro atoms. The Morgan fingerprint density at radius 1 is 0.840 bits per heavy atom. The second kappa shape index (κ2) is 8.02. The Morgan fingerprint density at radius 3 is 2.20 bits per heavy atom. The summed E-state index contributed by atoms with van der Waals surface area (Å²) in [4.78, 5) is 12.1. The van der Waals surface area contributed by atoms with Crippen LogP contribution in [0.4, 0.5) is 11.4 Å². The average molecular weight is 332 g/mol. The van der Waals surface area contributed by atoms with Crippen LogP contribution in [0.3, 0.4) is 0 Å². The van der Waals surface area contributed by atoms with Gasteiger partial charge >= 0.3 is 0 Å². The van der Waals surface area contributed by atoms with Gasteiger partial charge in [-0.15, -0.1) is 0 Å². The lowest BCUT2D eigenvalue weighted by atomic mass is 10.1. The molecule has 0 aliphatic heterocycles. The summed E-state index contributed by atoms with van der Waals surface area (Å²) in [5.41, 5.74) is 3.87. The zero-order valence-corrected chi connectivity index (χ0v) is 14.0. The fourth-order valence-corrected chi connectivity index (χ4v) is 2.54. The van der Waals surface area contributed by atoms with Gasteiger partial charge in [0.1, 0.15) is 5.75 Å². The Morgan fingerprint density at radius 2 is 1.48 bits per heavy atom. The monoisotopic (exact) mass is 332 g/mol. The van der Waals surface area contributed by atoms with Crippen molar-refractivity contribution < 1.29 is 9.53 Å². The first-order valence-electron chi connectivity index (χ1n) is 8.08. The second-order valence-electron chi connectivity index (χ2n) is 5.55. The molecule has 0 saturated heterocycles. The molecule has 0 aliphatic carbocycles. The predicted molar refractivity (Wildman–Crippen MR) is 102 cm³/mol. The van der Waals surface area contributed by atoms with Gasteiger partial charge < -0.3 is 15.4 Å². The number of methoxy groups -OCH3 is 1. The maximum absolute atomic E-state index is 12.1. The molecule has 0 atom stereocenters. The third-order valence-corrected chi connectivity index (χ3v) is 3.83. The summed E-state index contributed by atoms with van der Waals surface area (Å²) in [6.07, 6.45) is 0. The van der Waals surface area contributed by atoms with Crippen LogP contribution in [0, 0.1) is 0 Å². The highest BCUT2D eigenvalue weighted by Crippen LogP contribution is 2.23. The topological polar surface area (TPSA) is 50.4 Å². The minimum atomic E-state index is -0.128. The van der Waals surface area contributed by atoms with Crippen LogP contribution in [0.1, 0.15) is 0 Å². The molecule has 126 valence electrons. The summed E-state index contributed by atoms with van der Waals surface area (Å²) in [5, 5.41) is 5.97. The normalized spacial score (nSPS) is 10.1. The molecule has 3 aromatic carbocycles. The third-order valence-electron chi connectivity index (χ3n) is 3.83. The summed E-state index contributed by atoms with van der Waals surface area (Å²) in [5.74, 6) is 0.514. The lowest BCUT2D eigenvalue weighted by Gasteiger charge is -2.11. The number of amides is 1. The quantitative estimate of drug-likeness (QED) is 0.703. The molecule has 25 heavy (non-hydrogen) atoms. The summed E-state index contributed by atoms with van der Waals surface area (Å²) in [6.45, 7) is 0.183. The summed E-state index contributed by atoms with van der Waals surface area (Å²) < 4.78 is 5.23. The van der Waals surface area contributed by atoms with Crippen LogP contribution in [-0.2, 0) is 4.79 Å². The van der Waals surface area contributed by atoms with Crippen molar-refractivity contribution in [1.82, 2.24) is 0 Å². The fourth-order valence-electron chi connectivity index (χ4n) is 2.54. The van der Waals surface area contributed by atoms with Crippen LogP contribution >= 0.6 is 0 Å². The number of carbonyl (C=O) groups is 1. The van der Waals surface area contributed by atoms with Gasteiger partial charge in [0.15, 0.2) is 0 Å². The number of carbonyl (C=O) groups excluding carboxylic acids is 1. The van der Waals surface area contributed by atoms with E-state index in [1.165, 1.54) is 5.56 Å². The van der Waals surface area contributed by atoms with Crippen LogP contribution < -0.4 is 15.4 Å². The number of para-hydroxylation sites is 2. The number of nitrogens with one attached hydrogen (secondary N) is 2. The number of hydrogen-bond acceptors (Lipinski definition) is 3. The molecule has 0 saturated carbocycles. The summed E-state index contributed by atoms with van der Waals surface area (Å²) >= 11 is 0. The Hall–Kier alpha value is -3.27. The lowest BCUT2D eigenvalue weighted by Crippen LogP contribution is -2.22. The Balaban J connectivity index is 1.57. The van der Waals surface area contributed by atoms with Crippen LogP contribution in [-0.4, -0.2) is 19.6 Å². The molecule has 0 fully saturated rings. The van der Waals surface area contributed by atoms with Crippen molar-refractivity contribution in [3.8, 4) is 16.9 Å². The highest BCUT2D eigenvalue weighted by atomic mass is 16.5. The number of rotatable bonds is 6. The van der Waals surface area contributed by atoms with Gasteiger partial charge in [-0.05, 0) is 35.4 Å². The second-order valence-corrected chi connectivity index (χ2v) is 5.55. The highest BCUT2D eigenvalue weighted by Gasteiger charge is 2.06. The number of benzene rings is 3. The summed E-state index contributed by atoms with van der Waals surface area (Å²) in [6, 6.07) is 25.5. The summed E-state index contributed by atoms with van der Waals surface area (Å²) in [7, 11) is 1.58. The minimum absolute atomic E-state index is 0.128. The minimum Gasteiger partial charge on any atom is -0.495 e. The Kier molecular flexibility index (Phi) is 5.32. The molecule has 0 heterocycles. The van der Waals surface area contributed by atoms with E-state index in [1.54, 1.807) is 7.11 Å². The van der Waals surface area contributed by atoms with E-state index < -0.39 is 0 Å². The maximum Gasteiger partial charge on any atom is 0.243 e. The van der Waals surface area contributed by atoms with Gasteiger partial charge in [0, 0.05) is 5.69 Å². The first-order valence-corrected chi connectivity index (χ1v) is 8.08. The van der Waals surface area contributed by atoms with Gasteiger partial charge in [-0.25, -0.2) is 0 Å². The van der Waals surface area contributed by atoms with Gasteiger partial charge in [0.05, 0.1) is 19.3 Å². The molecule has 4 heteroatoms. The molecular formula is C21H20N2O2. The number of anilines is 2. The van der Waals surface area contributed by atoms with Gasteiger partial charge in [-0.3, -0.25) is 4.79 Å². The van der Waals surface area contributed by atoms with Crippen LogP contribution in [0.25, 0.3) is 11.1 Å². The van der Waals surface area contributed by atoms with Gasteiger partial charge in [-0.2, -0.15) is 0 Å². The van der Waals surface area contributed by atoms with Crippen LogP contribution in [0.15, 0.2) is 78.9 Å². The molecule has 0 aromatic heterocycles. The molecule has 4 nitrogen and oxygen atoms in total. The first-order chi connectivity index (χ1) is 12.3. The SMILES string of the molecule is COc1ccccc1NC(=O)CNc1ccc(-c2ccccc2)cc1. The molecule has 3 aromatic rings. The van der Waals surface area contributed by atoms with Crippen molar-refractivity contribution in [3.05, 3.63) is 78.9 Å². The Bertz CT molecular complexity index is 830. The molecule has 3 rings (SSSR count). The van der Waals surface area contributed by atoms with E-state index in [2.05, 4.69) is 22.8 Å². The largest absolute Gasteiger partial charge is 0.495 e. The number of ether oxygens (including phenoxy) is 1. The van der Waals surface area contributed by atoms with Crippen molar-refractivity contribution in [2.75, 3.05) is 24.3 Å². The maximum atomic E-state index is 12.1. The lowest BCUT2D eigenvalue weighted by molar-refractivity contribution is -0.114. The van der Waals surface area contributed by atoms with E-state index >= 15 is 0 Å². The van der Waals surface area contributed by atoms with E-state index in [1.807, 2.05) is 66.7 Å². The zero-order valence-electron chi connectivity index (χ0n) is 14.0. The zero-order chi connectivity index (χ0) is 17.5. The predicted octanol–water partition coefficient (Wildman–Crippen LogP) is 4.41. The fraction of sp³-hybridized carbons (Fsp3) is 0.0952. The van der Waals surface area contributed by atoms with Crippen LogP contribution in [0.2, 0.25) is 0 Å². The molecule has 0 aliphatic rings. The highest BCUT2D eigenvalue weighted by molar-refractivity contribution is 5.95. The molecule has 0 radical (unpaired) electrons. The molecule has 0 bridgehead atoms. The van der Waals surface area contributed by atoms with Gasteiger partial charge in [0.25, 0.3) is 0 Å². The van der Waals surface area contributed by atoms with Gasteiger partial charge in [-0.1, -0.05) is 54.6 Å². The van der Waals surface area contributed by atoms with Crippen molar-refractivity contribution >= 4 is 17.3 Å². The first kappa shape index (κ1) is 16.6. The van der Waals surface area contributed by atoms with E-state index in [9.17, 15) is 4.79 Å². The van der Waals surface area contributed by atoms with Crippen molar-refractivity contribution in [2.24, 2.45) is 0 Å². The number of hydrogen-bond donors (Lipinski definition) is 2. The Labute approximate surface area is 147 Å². The van der Waals surface area contributed by atoms with Crippen molar-refractivity contribution in [3.63, 3.8) is 0 Å². The molecule has 0 unspecified atom stereocenters. The van der Waals surface area contributed by atoms with E-state index in [-0.39, 0.29) is 12.5 Å². The molecular weight excluding hydrogens is 312 g/mol. The van der Waals surface area contributed by atoms with Gasteiger partial charge in [0.2, 0.25) is 5.91 Å². The van der Waals surface area contributed by atoms with E-state index in [0.29, 0.717) is 11.4 Å². The van der Waals surface area contributed by atoms with E-state index in [4.69, 9.17) is 4.74 Å². The van der Waals surface area contributed by atoms with E-state index in [0.717, 1.165) is 11.3 Å². The molecule has 1 amide bonds. The average Bonchev–Trinajstić information content (AvgIpc) is 2.68. The van der Waals surface area contributed by atoms with Crippen molar-refractivity contribution in [2.45, 2.75) is 0 Å². The molecule has 2 N–H and O–H groups in total. The van der Waals surface area contributed by atoms with Crippen molar-refractivity contribution in [1.29, 1.82) is 0 Å². The van der Waals surface area contributed by atoms with Crippen LogP contribution in [0.5, 0.6) is 5.75 Å². The smallest absolute Gasteiger partial charge is 0.243 e. The standard InChI is InChI=1S/C21H20N2O2/c1-25-20-10-6-5-9-19(20)23-21(24)15-22-18-13-11-17(12-14-18)16-7-3-2-4-8-16/h2-14,22H,15H2,1H3,(H,23,24). The third kappa shape index (κ3) is 4.38.